The van der Waals surface area contributed by atoms with E-state index >= 15 is 0 Å². The Morgan fingerprint density at radius 2 is 1.37 bits per heavy atom. The molecule has 0 atom stereocenters. The Kier molecular flexibility index (Phi) is 11.1. The third-order valence-corrected chi connectivity index (χ3v) is 13.7. The molecule has 14 heteroatoms. The number of nitrogens with one attached hydrogen (secondary N) is 2. The van der Waals surface area contributed by atoms with Gasteiger partial charge in [0.2, 0.25) is 16.2 Å². The Morgan fingerprint density at radius 3 is 1.88 bits per heavy atom. The van der Waals surface area contributed by atoms with Gasteiger partial charge in [-0.1, -0.05) is 144 Å². The van der Waals surface area contributed by atoms with E-state index in [1.165, 1.54) is 33.2 Å². The SMILES string of the molecule is CSC1=NNC(C)=C(O)N1N/C(=N\n1c(SC)nnc(C)c1=O)[N+](Cc1ccc(C)cc1)=P(c1ccccc1)(c1ccccc1)c1ccccc1. The van der Waals surface area contributed by atoms with Crippen LogP contribution in [0.2, 0.25) is 0 Å². The summed E-state index contributed by atoms with van der Waals surface area (Å²) >= 11 is 2.59. The van der Waals surface area contributed by atoms with Crippen molar-refractivity contribution in [2.75, 3.05) is 12.5 Å². The second-order valence-electron chi connectivity index (χ2n) is 11.6. The maximum Gasteiger partial charge on any atom is 0.434 e. The predicted molar refractivity (Wildman–Crippen MR) is 210 cm³/mol. The van der Waals surface area contributed by atoms with E-state index in [1.54, 1.807) is 13.8 Å². The summed E-state index contributed by atoms with van der Waals surface area (Å²) in [7, 11) is -2.92. The summed E-state index contributed by atoms with van der Waals surface area (Å²) < 4.78 is 3.52. The van der Waals surface area contributed by atoms with Gasteiger partial charge in [0, 0.05) is 21.0 Å². The van der Waals surface area contributed by atoms with Crippen molar-refractivity contribution in [3.05, 3.63) is 154 Å². The van der Waals surface area contributed by atoms with Crippen LogP contribution in [-0.4, -0.2) is 53.0 Å². The number of hydrazone groups is 1. The number of benzene rings is 4. The minimum Gasteiger partial charge on any atom is -0.491 e. The van der Waals surface area contributed by atoms with Crippen molar-refractivity contribution >= 4 is 57.6 Å². The second kappa shape index (κ2) is 15.8. The smallest absolute Gasteiger partial charge is 0.434 e. The van der Waals surface area contributed by atoms with Gasteiger partial charge in [0.1, 0.15) is 5.69 Å². The number of hydrazine groups is 1. The molecule has 0 amide bonds. The Morgan fingerprint density at radius 1 is 0.824 bits per heavy atom. The number of aliphatic hydroxyl groups excluding tert-OH is 1. The Bertz CT molecular complexity index is 2120. The van der Waals surface area contributed by atoms with Gasteiger partial charge >= 0.3 is 11.5 Å². The fraction of sp³-hybridized carbons (Fsp3) is 0.162. The predicted octanol–water partition coefficient (Wildman–Crippen LogP) is 5.28. The standard InChI is InChI=1S/C37H38N9O2PS2/c1-26-21-23-29(24-22-26)25-44(49(30-15-9-6-10-16-30,31-17-11-7-12-18-31)32-19-13-8-14-20-32)35(42-45-33(47)27(2)38-40-36(45)50-4)43-46-34(48)28(3)39-41-37(46)51-5/h6-24H,25H2,1-5H3,(H2-,38,39,42,43,47,48)/p+1. The van der Waals surface area contributed by atoms with E-state index in [-0.39, 0.29) is 17.5 Å². The molecule has 1 aliphatic heterocycles. The lowest BCUT2D eigenvalue weighted by atomic mass is 10.1. The molecule has 11 nitrogen and oxygen atoms in total. The minimum atomic E-state index is -2.92. The number of thioether (sulfide) groups is 2. The first-order chi connectivity index (χ1) is 24.8. The average Bonchev–Trinajstić information content (AvgIpc) is 3.17. The molecule has 0 saturated heterocycles. The van der Waals surface area contributed by atoms with Crippen molar-refractivity contribution in [2.24, 2.45) is 10.2 Å². The topological polar surface area (TPSA) is 123 Å². The lowest BCUT2D eigenvalue weighted by Gasteiger charge is -2.32. The molecule has 260 valence electrons. The number of aryl methyl sites for hydroxylation is 2. The van der Waals surface area contributed by atoms with Crippen LogP contribution < -0.4 is 32.3 Å². The maximum atomic E-state index is 13.9. The van der Waals surface area contributed by atoms with E-state index in [0.29, 0.717) is 22.6 Å². The minimum absolute atomic E-state index is 0.0955. The molecule has 2 heterocycles. The van der Waals surface area contributed by atoms with Gasteiger partial charge in [-0.2, -0.15) is 5.43 Å². The molecule has 0 saturated carbocycles. The van der Waals surface area contributed by atoms with Crippen molar-refractivity contribution in [3.63, 3.8) is 0 Å². The van der Waals surface area contributed by atoms with Gasteiger partial charge in [-0.3, -0.25) is 10.2 Å². The van der Waals surface area contributed by atoms with Crippen LogP contribution in [0, 0.1) is 13.8 Å². The van der Waals surface area contributed by atoms with Gasteiger partial charge in [-0.25, -0.2) is 4.33 Å². The normalized spacial score (nSPS) is 13.5. The van der Waals surface area contributed by atoms with Gasteiger partial charge < -0.3 is 5.11 Å². The van der Waals surface area contributed by atoms with Crippen LogP contribution in [0.1, 0.15) is 23.7 Å². The number of hydrogen-bond acceptors (Lipinski definition) is 10. The highest BCUT2D eigenvalue weighted by Gasteiger charge is 2.39. The van der Waals surface area contributed by atoms with E-state index < -0.39 is 12.6 Å². The number of rotatable bonds is 8. The van der Waals surface area contributed by atoms with Crippen LogP contribution in [0.5, 0.6) is 0 Å². The molecule has 6 rings (SSSR count). The number of allylic oxidation sites excluding steroid dienone is 1. The summed E-state index contributed by atoms with van der Waals surface area (Å²) in [6, 6.07) is 39.6. The molecule has 1 aliphatic rings. The van der Waals surface area contributed by atoms with Crippen LogP contribution in [-0.2, 0) is 6.54 Å². The fourth-order valence-corrected chi connectivity index (χ4v) is 10.9. The third kappa shape index (κ3) is 7.23. The highest BCUT2D eigenvalue weighted by molar-refractivity contribution is 8.13. The molecule has 4 aromatic carbocycles. The first kappa shape index (κ1) is 35.7. The number of amidine groups is 1. The molecule has 0 radical (unpaired) electrons. The Labute approximate surface area is 305 Å². The zero-order valence-corrected chi connectivity index (χ0v) is 31.5. The molecule has 51 heavy (non-hydrogen) atoms. The van der Waals surface area contributed by atoms with Gasteiger partial charge in [0.25, 0.3) is 0 Å². The van der Waals surface area contributed by atoms with E-state index in [1.807, 2.05) is 67.1 Å². The summed E-state index contributed by atoms with van der Waals surface area (Å²) in [5.74, 6) is 0.176. The maximum absolute atomic E-state index is 13.9. The van der Waals surface area contributed by atoms with E-state index in [9.17, 15) is 9.90 Å². The third-order valence-electron chi connectivity index (χ3n) is 8.25. The summed E-state index contributed by atoms with van der Waals surface area (Å²) in [6.07, 6.45) is 3.69. The molecular weight excluding hydrogens is 698 g/mol. The van der Waals surface area contributed by atoms with Crippen molar-refractivity contribution in [1.82, 2.24) is 30.7 Å². The average molecular weight is 737 g/mol. The van der Waals surface area contributed by atoms with E-state index in [0.717, 1.165) is 27.0 Å². The largest absolute Gasteiger partial charge is 0.491 e. The van der Waals surface area contributed by atoms with Crippen molar-refractivity contribution in [1.29, 1.82) is 0 Å². The number of hydrogen-bond donors (Lipinski definition) is 3. The Hall–Kier alpha value is -5.10. The molecule has 3 N–H and O–H groups in total. The molecule has 0 aliphatic carbocycles. The van der Waals surface area contributed by atoms with Crippen LogP contribution in [0.15, 0.2) is 147 Å². The lowest BCUT2D eigenvalue weighted by molar-refractivity contribution is -0.410. The molecule has 5 aromatic rings. The first-order valence-corrected chi connectivity index (χ1v) is 20.3. The second-order valence-corrected chi connectivity index (χ2v) is 16.5. The van der Waals surface area contributed by atoms with E-state index in [4.69, 9.17) is 5.10 Å². The molecule has 0 spiro atoms. The van der Waals surface area contributed by atoms with Crippen LogP contribution >= 0.6 is 30.6 Å². The first-order valence-electron chi connectivity index (χ1n) is 16.1. The number of aromatic nitrogens is 3. The molecule has 0 unspecified atom stereocenters. The van der Waals surface area contributed by atoms with E-state index in [2.05, 4.69) is 98.1 Å². The van der Waals surface area contributed by atoms with Crippen molar-refractivity contribution in [2.45, 2.75) is 32.5 Å². The zero-order valence-electron chi connectivity index (χ0n) is 28.9. The highest BCUT2D eigenvalue weighted by Crippen LogP contribution is 2.46. The summed E-state index contributed by atoms with van der Waals surface area (Å²) in [6.45, 7) is 5.77. The van der Waals surface area contributed by atoms with Gasteiger partial charge in [0.15, 0.2) is 0 Å². The fourth-order valence-electron chi connectivity index (χ4n) is 5.70. The van der Waals surface area contributed by atoms with Crippen molar-refractivity contribution in [3.8, 4) is 0 Å². The molecule has 0 bridgehead atoms. The number of nitrogens with zero attached hydrogens (tertiary/aromatic N) is 7. The molecule has 1 aromatic heterocycles. The molecular formula is C37H39N9O2PS2+. The van der Waals surface area contributed by atoms with Gasteiger partial charge in [-0.15, -0.1) is 25.0 Å². The highest BCUT2D eigenvalue weighted by atomic mass is 32.2. The summed E-state index contributed by atoms with van der Waals surface area (Å²) in [5.41, 5.74) is 8.71. The summed E-state index contributed by atoms with van der Waals surface area (Å²) in [4.78, 5) is 13.9. The van der Waals surface area contributed by atoms with Crippen LogP contribution in [0.4, 0.5) is 0 Å². The number of guanidine groups is 1. The summed E-state index contributed by atoms with van der Waals surface area (Å²) in [5, 5.41) is 35.0. The quantitative estimate of drug-likeness (QED) is 0.0846. The molecule has 0 fully saturated rings. The van der Waals surface area contributed by atoms with Gasteiger partial charge in [0.05, 0.1) is 19.3 Å². The number of aliphatic hydroxyl groups is 1. The van der Waals surface area contributed by atoms with Crippen LogP contribution in [0.3, 0.4) is 0 Å². The van der Waals surface area contributed by atoms with Crippen molar-refractivity contribution < 1.29 is 9.43 Å². The van der Waals surface area contributed by atoms with Gasteiger partial charge in [-0.05, 0) is 38.8 Å². The van der Waals surface area contributed by atoms with Crippen LogP contribution in [0.25, 0.3) is 0 Å². The lowest BCUT2D eigenvalue weighted by Crippen LogP contribution is -2.52. The monoisotopic (exact) mass is 736 g/mol. The Balaban J connectivity index is 1.85. The zero-order chi connectivity index (χ0) is 36.0.